The van der Waals surface area contributed by atoms with Gasteiger partial charge in [0.05, 0.1) is 0 Å². The number of para-hydroxylation sites is 1. The summed E-state index contributed by atoms with van der Waals surface area (Å²) < 4.78 is 25.1. The lowest BCUT2D eigenvalue weighted by atomic mass is 10.1. The van der Waals surface area contributed by atoms with Crippen molar-refractivity contribution >= 4 is 33.0 Å². The van der Waals surface area contributed by atoms with Crippen LogP contribution in [0.2, 0.25) is 5.02 Å². The molecular weight excluding hydrogens is 334 g/mol. The minimum absolute atomic E-state index is 0.397. The molecule has 0 bridgehead atoms. The van der Waals surface area contributed by atoms with Crippen molar-refractivity contribution in [1.82, 2.24) is 0 Å². The van der Waals surface area contributed by atoms with Crippen molar-refractivity contribution in [3.8, 4) is 0 Å². The van der Waals surface area contributed by atoms with Gasteiger partial charge in [-0.2, -0.15) is 0 Å². The number of carbonyl (C=O) groups excluding carboxylic acids is 1. The normalized spacial score (nSPS) is 20.0. The molecule has 0 aliphatic carbocycles. The Labute approximate surface area is 140 Å². The number of nitrogens with zero attached hydrogens (tertiary/aromatic N) is 1. The summed E-state index contributed by atoms with van der Waals surface area (Å²) in [5, 5.41) is -0.476. The van der Waals surface area contributed by atoms with Crippen LogP contribution in [0.5, 0.6) is 0 Å². The first kappa shape index (κ1) is 16.0. The van der Waals surface area contributed by atoms with E-state index in [1.165, 1.54) is 4.90 Å². The van der Waals surface area contributed by atoms with Gasteiger partial charge in [0.15, 0.2) is 15.2 Å². The topological polar surface area (TPSA) is 54.5 Å². The summed E-state index contributed by atoms with van der Waals surface area (Å²) in [6, 6.07) is 14.0. The molecule has 1 aliphatic rings. The Hall–Kier alpha value is -1.85. The number of hydrogen-bond donors (Lipinski definition) is 0. The second-order valence-corrected chi connectivity index (χ2v) is 7.95. The van der Waals surface area contributed by atoms with Crippen molar-refractivity contribution in [3.05, 3.63) is 64.7 Å². The molecule has 23 heavy (non-hydrogen) atoms. The molecule has 2 aromatic rings. The Balaban J connectivity index is 2.17. The van der Waals surface area contributed by atoms with E-state index in [0.717, 1.165) is 5.56 Å². The highest BCUT2D eigenvalue weighted by atomic mass is 35.5. The number of rotatable bonds is 3. The van der Waals surface area contributed by atoms with E-state index in [1.54, 1.807) is 30.3 Å². The fourth-order valence-corrected chi connectivity index (χ4v) is 4.79. The van der Waals surface area contributed by atoms with E-state index in [4.69, 9.17) is 11.6 Å². The lowest BCUT2D eigenvalue weighted by molar-refractivity contribution is -0.115. The third-order valence-corrected chi connectivity index (χ3v) is 6.02. The van der Waals surface area contributed by atoms with E-state index < -0.39 is 26.9 Å². The molecule has 1 amide bonds. The zero-order valence-electron chi connectivity index (χ0n) is 12.6. The van der Waals surface area contributed by atoms with E-state index >= 15 is 0 Å². The molecule has 0 spiro atoms. The average Bonchev–Trinajstić information content (AvgIpc) is 2.77. The summed E-state index contributed by atoms with van der Waals surface area (Å²) >= 11 is 5.89. The molecule has 2 aromatic carbocycles. The maximum absolute atomic E-state index is 12.5. The van der Waals surface area contributed by atoms with Gasteiger partial charge < -0.3 is 0 Å². The molecule has 4 nitrogen and oxygen atoms in total. The number of halogens is 1. The van der Waals surface area contributed by atoms with Crippen LogP contribution in [0.25, 0.3) is 0 Å². The first-order chi connectivity index (χ1) is 10.9. The maximum atomic E-state index is 12.5. The monoisotopic (exact) mass is 349 g/mol. The molecule has 0 N–H and O–H groups in total. The zero-order valence-corrected chi connectivity index (χ0v) is 14.1. The SMILES string of the molecule is CCc1ccccc1N1C(=O)CS(=O)(=O)[C@H]1c1ccc(Cl)cc1. The molecule has 1 atom stereocenters. The Morgan fingerprint density at radius 1 is 1.13 bits per heavy atom. The highest BCUT2D eigenvalue weighted by Crippen LogP contribution is 2.39. The van der Waals surface area contributed by atoms with Gasteiger partial charge in [0, 0.05) is 10.7 Å². The van der Waals surface area contributed by atoms with Crippen molar-refractivity contribution in [2.45, 2.75) is 18.7 Å². The number of carbonyl (C=O) groups is 1. The van der Waals surface area contributed by atoms with Gasteiger partial charge in [-0.05, 0) is 35.7 Å². The number of benzene rings is 2. The number of amides is 1. The van der Waals surface area contributed by atoms with Gasteiger partial charge in [-0.25, -0.2) is 8.42 Å². The smallest absolute Gasteiger partial charge is 0.243 e. The standard InChI is InChI=1S/C17H16ClNO3S/c1-2-12-5-3-4-6-15(12)19-16(20)11-23(21,22)17(19)13-7-9-14(18)10-8-13/h3-10,17H,2,11H2,1H3/t17-/m0/s1. The van der Waals surface area contributed by atoms with Crippen LogP contribution < -0.4 is 4.90 Å². The lowest BCUT2D eigenvalue weighted by Crippen LogP contribution is -2.30. The van der Waals surface area contributed by atoms with Crippen molar-refractivity contribution in [3.63, 3.8) is 0 Å². The molecule has 1 heterocycles. The minimum atomic E-state index is -3.59. The van der Waals surface area contributed by atoms with Crippen LogP contribution in [0.4, 0.5) is 5.69 Å². The molecule has 1 fully saturated rings. The molecule has 0 unspecified atom stereocenters. The van der Waals surface area contributed by atoms with Crippen LogP contribution in [0.1, 0.15) is 23.4 Å². The van der Waals surface area contributed by atoms with E-state index in [9.17, 15) is 13.2 Å². The van der Waals surface area contributed by atoms with Gasteiger partial charge in [-0.3, -0.25) is 9.69 Å². The third kappa shape index (κ3) is 2.86. The fraction of sp³-hybridized carbons (Fsp3) is 0.235. The van der Waals surface area contributed by atoms with E-state index in [2.05, 4.69) is 0 Å². The summed E-state index contributed by atoms with van der Waals surface area (Å²) in [6.45, 7) is 1.98. The third-order valence-electron chi connectivity index (χ3n) is 3.96. The molecule has 0 radical (unpaired) electrons. The van der Waals surface area contributed by atoms with E-state index in [0.29, 0.717) is 22.7 Å². The molecule has 1 aliphatic heterocycles. The second kappa shape index (κ2) is 5.98. The minimum Gasteiger partial charge on any atom is -0.289 e. The highest BCUT2D eigenvalue weighted by molar-refractivity contribution is 7.93. The first-order valence-corrected chi connectivity index (χ1v) is 9.40. The van der Waals surface area contributed by atoms with Crippen LogP contribution >= 0.6 is 11.6 Å². The number of sulfone groups is 1. The maximum Gasteiger partial charge on any atom is 0.243 e. The summed E-state index contributed by atoms with van der Waals surface area (Å²) in [4.78, 5) is 13.8. The van der Waals surface area contributed by atoms with Gasteiger partial charge >= 0.3 is 0 Å². The average molecular weight is 350 g/mol. The van der Waals surface area contributed by atoms with Gasteiger partial charge in [-0.1, -0.05) is 48.9 Å². The molecule has 1 saturated heterocycles. The number of anilines is 1. The number of hydrogen-bond acceptors (Lipinski definition) is 3. The zero-order chi connectivity index (χ0) is 16.6. The first-order valence-electron chi connectivity index (χ1n) is 7.31. The predicted molar refractivity (Wildman–Crippen MR) is 91.3 cm³/mol. The predicted octanol–water partition coefficient (Wildman–Crippen LogP) is 3.36. The van der Waals surface area contributed by atoms with E-state index in [1.807, 2.05) is 25.1 Å². The highest BCUT2D eigenvalue weighted by Gasteiger charge is 2.46. The van der Waals surface area contributed by atoms with Gasteiger partial charge in [-0.15, -0.1) is 0 Å². The molecule has 3 rings (SSSR count). The Kier molecular flexibility index (Phi) is 4.17. The number of aryl methyl sites for hydroxylation is 1. The summed E-state index contributed by atoms with van der Waals surface area (Å²) in [5.41, 5.74) is 2.14. The quantitative estimate of drug-likeness (QED) is 0.853. The van der Waals surface area contributed by atoms with Crippen LogP contribution in [0.3, 0.4) is 0 Å². The molecule has 0 aromatic heterocycles. The van der Waals surface area contributed by atoms with Crippen LogP contribution in [0, 0.1) is 0 Å². The molecule has 0 saturated carbocycles. The van der Waals surface area contributed by atoms with E-state index in [-0.39, 0.29) is 0 Å². The Bertz CT molecular complexity index is 846. The summed E-state index contributed by atoms with van der Waals surface area (Å²) in [5.74, 6) is -0.871. The Morgan fingerprint density at radius 3 is 2.43 bits per heavy atom. The molecule has 6 heteroatoms. The van der Waals surface area contributed by atoms with Crippen molar-refractivity contribution in [1.29, 1.82) is 0 Å². The van der Waals surface area contributed by atoms with Gasteiger partial charge in [0.1, 0.15) is 5.75 Å². The molecule has 120 valence electrons. The fourth-order valence-electron chi connectivity index (χ4n) is 2.90. The van der Waals surface area contributed by atoms with Crippen molar-refractivity contribution in [2.75, 3.05) is 10.7 Å². The van der Waals surface area contributed by atoms with Crippen LogP contribution in [-0.4, -0.2) is 20.1 Å². The summed E-state index contributed by atoms with van der Waals surface area (Å²) in [7, 11) is -3.59. The van der Waals surface area contributed by atoms with Gasteiger partial charge in [0.2, 0.25) is 5.91 Å². The summed E-state index contributed by atoms with van der Waals surface area (Å²) in [6.07, 6.45) is 0.716. The largest absolute Gasteiger partial charge is 0.289 e. The second-order valence-electron chi connectivity index (χ2n) is 5.46. The van der Waals surface area contributed by atoms with Crippen molar-refractivity contribution in [2.24, 2.45) is 0 Å². The Morgan fingerprint density at radius 2 is 1.78 bits per heavy atom. The lowest BCUT2D eigenvalue weighted by Gasteiger charge is -2.26. The van der Waals surface area contributed by atoms with Crippen LogP contribution in [-0.2, 0) is 21.1 Å². The molecular formula is C17H16ClNO3S. The van der Waals surface area contributed by atoms with Gasteiger partial charge in [0.25, 0.3) is 0 Å². The van der Waals surface area contributed by atoms with Crippen molar-refractivity contribution < 1.29 is 13.2 Å². The van der Waals surface area contributed by atoms with Crippen LogP contribution in [0.15, 0.2) is 48.5 Å².